The first kappa shape index (κ1) is 13.1. The van der Waals surface area contributed by atoms with Crippen molar-refractivity contribution in [3.05, 3.63) is 23.3 Å². The van der Waals surface area contributed by atoms with Crippen molar-refractivity contribution in [3.63, 3.8) is 0 Å². The first-order valence-corrected chi connectivity index (χ1v) is 5.52. The molecular weight excluding hydrogens is 203 g/mol. The van der Waals surface area contributed by atoms with Crippen molar-refractivity contribution in [3.8, 4) is 5.75 Å². The highest BCUT2D eigenvalue weighted by Crippen LogP contribution is 2.15. The molecule has 0 fully saturated rings. The summed E-state index contributed by atoms with van der Waals surface area (Å²) in [4.78, 5) is 0. The van der Waals surface area contributed by atoms with E-state index in [4.69, 9.17) is 4.74 Å². The van der Waals surface area contributed by atoms with Crippen molar-refractivity contribution in [2.45, 2.75) is 27.7 Å². The third-order valence-electron chi connectivity index (χ3n) is 2.48. The number of rotatable bonds is 4. The average molecular weight is 222 g/mol. The predicted octanol–water partition coefficient (Wildman–Crippen LogP) is 1.02. The largest absolute Gasteiger partial charge is 0.494 e. The summed E-state index contributed by atoms with van der Waals surface area (Å²) >= 11 is 0. The van der Waals surface area contributed by atoms with Crippen molar-refractivity contribution in [1.82, 2.24) is 0 Å². The van der Waals surface area contributed by atoms with Gasteiger partial charge >= 0.3 is 7.12 Å². The van der Waals surface area contributed by atoms with E-state index in [1.807, 2.05) is 19.9 Å². The fourth-order valence-electron chi connectivity index (χ4n) is 1.40. The van der Waals surface area contributed by atoms with Gasteiger partial charge in [-0.3, -0.25) is 0 Å². The maximum atomic E-state index is 9.26. The molecule has 0 aliphatic rings. The third kappa shape index (κ3) is 3.25. The van der Waals surface area contributed by atoms with Crippen LogP contribution in [0.1, 0.15) is 25.0 Å². The molecule has 3 nitrogen and oxygen atoms in total. The van der Waals surface area contributed by atoms with Crippen LogP contribution in [0.3, 0.4) is 0 Å². The second-order valence-corrected chi connectivity index (χ2v) is 4.55. The summed E-state index contributed by atoms with van der Waals surface area (Å²) in [5.41, 5.74) is 2.55. The second kappa shape index (κ2) is 5.37. The highest BCUT2D eigenvalue weighted by atomic mass is 16.5. The van der Waals surface area contributed by atoms with Crippen molar-refractivity contribution >= 4 is 12.6 Å². The zero-order chi connectivity index (χ0) is 12.3. The zero-order valence-corrected chi connectivity index (χ0v) is 10.3. The van der Waals surface area contributed by atoms with Crippen LogP contribution in [-0.2, 0) is 0 Å². The Morgan fingerprint density at radius 3 is 2.25 bits per heavy atom. The number of hydrogen-bond donors (Lipinski definition) is 2. The lowest BCUT2D eigenvalue weighted by molar-refractivity contribution is 0.271. The summed E-state index contributed by atoms with van der Waals surface area (Å²) in [6, 6.07) is 3.61. The molecule has 0 saturated heterocycles. The first-order valence-electron chi connectivity index (χ1n) is 5.52. The standard InChI is InChI=1S/C12H19BO3/c1-8(2)7-16-12-6-10(4)9(3)5-11(12)13(14)15/h5-6,8,14-15H,7H2,1-4H3. The van der Waals surface area contributed by atoms with E-state index in [9.17, 15) is 10.0 Å². The van der Waals surface area contributed by atoms with Gasteiger partial charge in [-0.05, 0) is 37.0 Å². The Balaban J connectivity index is 3.00. The summed E-state index contributed by atoms with van der Waals surface area (Å²) in [7, 11) is -1.48. The summed E-state index contributed by atoms with van der Waals surface area (Å²) < 4.78 is 5.58. The molecule has 0 bridgehead atoms. The van der Waals surface area contributed by atoms with Gasteiger partial charge in [0, 0.05) is 5.46 Å². The molecule has 0 radical (unpaired) electrons. The van der Waals surface area contributed by atoms with Crippen molar-refractivity contribution in [2.75, 3.05) is 6.61 Å². The molecule has 0 spiro atoms. The van der Waals surface area contributed by atoms with Crippen LogP contribution < -0.4 is 10.2 Å². The quantitative estimate of drug-likeness (QED) is 0.747. The molecular formula is C12H19BO3. The van der Waals surface area contributed by atoms with E-state index in [0.717, 1.165) is 11.1 Å². The molecule has 0 heterocycles. The van der Waals surface area contributed by atoms with Gasteiger partial charge in [0.2, 0.25) is 0 Å². The van der Waals surface area contributed by atoms with E-state index < -0.39 is 7.12 Å². The molecule has 0 saturated carbocycles. The Bertz CT molecular complexity index is 362. The van der Waals surface area contributed by atoms with Gasteiger partial charge in [-0.2, -0.15) is 0 Å². The zero-order valence-electron chi connectivity index (χ0n) is 10.3. The van der Waals surface area contributed by atoms with Gasteiger partial charge in [-0.1, -0.05) is 19.9 Å². The maximum Gasteiger partial charge on any atom is 0.492 e. The van der Waals surface area contributed by atoms with Crippen LogP contribution in [0.4, 0.5) is 0 Å². The summed E-state index contributed by atoms with van der Waals surface area (Å²) in [6.45, 7) is 8.59. The molecule has 0 amide bonds. The number of aryl methyl sites for hydroxylation is 2. The summed E-state index contributed by atoms with van der Waals surface area (Å²) in [5.74, 6) is 0.970. The molecule has 0 aromatic heterocycles. The molecule has 0 atom stereocenters. The molecule has 1 aromatic carbocycles. The average Bonchev–Trinajstić information content (AvgIpc) is 2.18. The van der Waals surface area contributed by atoms with Crippen LogP contribution in [-0.4, -0.2) is 23.8 Å². The van der Waals surface area contributed by atoms with Gasteiger partial charge < -0.3 is 14.8 Å². The molecule has 16 heavy (non-hydrogen) atoms. The third-order valence-corrected chi connectivity index (χ3v) is 2.48. The van der Waals surface area contributed by atoms with Crippen LogP contribution in [0.5, 0.6) is 5.75 Å². The van der Waals surface area contributed by atoms with Crippen LogP contribution in [0.15, 0.2) is 12.1 Å². The highest BCUT2D eigenvalue weighted by molar-refractivity contribution is 6.59. The van der Waals surface area contributed by atoms with E-state index in [2.05, 4.69) is 13.8 Å². The molecule has 88 valence electrons. The number of hydrogen-bond acceptors (Lipinski definition) is 3. The van der Waals surface area contributed by atoms with Gasteiger partial charge in [0.25, 0.3) is 0 Å². The minimum Gasteiger partial charge on any atom is -0.494 e. The van der Waals surface area contributed by atoms with Crippen molar-refractivity contribution in [1.29, 1.82) is 0 Å². The normalized spacial score (nSPS) is 10.7. The number of benzene rings is 1. The van der Waals surface area contributed by atoms with Gasteiger partial charge in [0.05, 0.1) is 6.61 Å². The minimum atomic E-state index is -1.48. The first-order chi connectivity index (χ1) is 7.41. The Labute approximate surface area is 97.2 Å². The lowest BCUT2D eigenvalue weighted by atomic mass is 9.78. The van der Waals surface area contributed by atoms with Crippen LogP contribution in [0, 0.1) is 19.8 Å². The Kier molecular flexibility index (Phi) is 4.39. The fourth-order valence-corrected chi connectivity index (χ4v) is 1.40. The molecule has 2 N–H and O–H groups in total. The van der Waals surface area contributed by atoms with E-state index in [0.29, 0.717) is 23.7 Å². The Morgan fingerprint density at radius 2 is 1.75 bits per heavy atom. The van der Waals surface area contributed by atoms with Crippen molar-refractivity contribution in [2.24, 2.45) is 5.92 Å². The van der Waals surface area contributed by atoms with E-state index in [1.54, 1.807) is 6.07 Å². The van der Waals surface area contributed by atoms with E-state index in [-0.39, 0.29) is 0 Å². The van der Waals surface area contributed by atoms with Gasteiger partial charge in [-0.25, -0.2) is 0 Å². The molecule has 1 aromatic rings. The smallest absolute Gasteiger partial charge is 0.492 e. The van der Waals surface area contributed by atoms with E-state index in [1.165, 1.54) is 0 Å². The second-order valence-electron chi connectivity index (χ2n) is 4.55. The molecule has 4 heteroatoms. The molecule has 0 unspecified atom stereocenters. The van der Waals surface area contributed by atoms with Crippen molar-refractivity contribution < 1.29 is 14.8 Å². The fraction of sp³-hybridized carbons (Fsp3) is 0.500. The maximum absolute atomic E-state index is 9.26. The van der Waals surface area contributed by atoms with Gasteiger partial charge in [0.1, 0.15) is 5.75 Å². The Hall–Kier alpha value is -0.995. The van der Waals surface area contributed by atoms with Crippen LogP contribution in [0.2, 0.25) is 0 Å². The molecule has 0 aliphatic heterocycles. The van der Waals surface area contributed by atoms with Gasteiger partial charge in [-0.15, -0.1) is 0 Å². The number of ether oxygens (including phenoxy) is 1. The topological polar surface area (TPSA) is 49.7 Å². The monoisotopic (exact) mass is 222 g/mol. The van der Waals surface area contributed by atoms with Gasteiger partial charge in [0.15, 0.2) is 0 Å². The SMILES string of the molecule is Cc1cc(OCC(C)C)c(B(O)O)cc1C. The predicted molar refractivity (Wildman–Crippen MR) is 66.1 cm³/mol. The van der Waals surface area contributed by atoms with E-state index >= 15 is 0 Å². The summed E-state index contributed by atoms with van der Waals surface area (Å²) in [5, 5.41) is 18.5. The van der Waals surface area contributed by atoms with Crippen LogP contribution >= 0.6 is 0 Å². The lowest BCUT2D eigenvalue weighted by Crippen LogP contribution is -2.32. The van der Waals surface area contributed by atoms with Crippen LogP contribution in [0.25, 0.3) is 0 Å². The minimum absolute atomic E-state index is 0.408. The lowest BCUT2D eigenvalue weighted by Gasteiger charge is -2.15. The highest BCUT2D eigenvalue weighted by Gasteiger charge is 2.18. The molecule has 0 aliphatic carbocycles. The molecule has 1 rings (SSSR count). The Morgan fingerprint density at radius 1 is 1.19 bits per heavy atom. The summed E-state index contributed by atoms with van der Waals surface area (Å²) in [6.07, 6.45) is 0.